The predicted molar refractivity (Wildman–Crippen MR) is 86.6 cm³/mol. The van der Waals surface area contributed by atoms with Crippen molar-refractivity contribution in [1.82, 2.24) is 4.98 Å². The molecule has 0 saturated heterocycles. The molecule has 122 valence electrons. The van der Waals surface area contributed by atoms with Gasteiger partial charge in [-0.15, -0.1) is 0 Å². The number of hydrogen-bond donors (Lipinski definition) is 1. The number of aryl methyl sites for hydroxylation is 2. The predicted octanol–water partition coefficient (Wildman–Crippen LogP) is 2.85. The molecule has 0 aliphatic rings. The molecule has 0 amide bonds. The van der Waals surface area contributed by atoms with Crippen molar-refractivity contribution in [2.75, 3.05) is 6.61 Å². The summed E-state index contributed by atoms with van der Waals surface area (Å²) in [6.07, 6.45) is 1.88. The van der Waals surface area contributed by atoms with E-state index in [4.69, 9.17) is 4.74 Å². The highest BCUT2D eigenvalue weighted by Crippen LogP contribution is 2.21. The number of H-pyrrole nitrogens is 1. The summed E-state index contributed by atoms with van der Waals surface area (Å²) < 4.78 is 6.99. The van der Waals surface area contributed by atoms with E-state index < -0.39 is 5.97 Å². The van der Waals surface area contributed by atoms with Crippen molar-refractivity contribution >= 4 is 11.8 Å². The van der Waals surface area contributed by atoms with Crippen LogP contribution in [0, 0.1) is 20.8 Å². The summed E-state index contributed by atoms with van der Waals surface area (Å²) in [5.74, 6) is -0.450. The fourth-order valence-electron chi connectivity index (χ4n) is 2.82. The van der Waals surface area contributed by atoms with Gasteiger partial charge >= 0.3 is 5.97 Å². The van der Waals surface area contributed by atoms with Crippen molar-refractivity contribution in [3.05, 3.63) is 52.6 Å². The molecule has 2 aromatic rings. The van der Waals surface area contributed by atoms with Gasteiger partial charge in [-0.25, -0.2) is 4.79 Å². The minimum Gasteiger partial charge on any atom is -0.462 e. The Morgan fingerprint density at radius 3 is 2.57 bits per heavy atom. The van der Waals surface area contributed by atoms with Crippen LogP contribution in [-0.2, 0) is 4.74 Å². The van der Waals surface area contributed by atoms with Crippen molar-refractivity contribution in [2.24, 2.45) is 0 Å². The Kier molecular flexibility index (Phi) is 4.98. The van der Waals surface area contributed by atoms with E-state index in [1.807, 2.05) is 42.8 Å². The Bertz CT molecular complexity index is 747. The number of ether oxygens (including phenoxy) is 1. The van der Waals surface area contributed by atoms with Crippen molar-refractivity contribution in [2.45, 2.75) is 40.7 Å². The molecule has 0 unspecified atom stereocenters. The van der Waals surface area contributed by atoms with E-state index in [9.17, 15) is 9.59 Å². The van der Waals surface area contributed by atoms with Crippen molar-refractivity contribution in [3.63, 3.8) is 0 Å². The lowest BCUT2D eigenvalue weighted by Gasteiger charge is -2.08. The van der Waals surface area contributed by atoms with Crippen molar-refractivity contribution < 1.29 is 18.9 Å². The molecule has 0 bridgehead atoms. The molecule has 2 heterocycles. The summed E-state index contributed by atoms with van der Waals surface area (Å²) in [5, 5.41) is 0. The van der Waals surface area contributed by atoms with E-state index in [1.54, 1.807) is 20.8 Å². The van der Waals surface area contributed by atoms with Gasteiger partial charge in [0, 0.05) is 31.7 Å². The summed E-state index contributed by atoms with van der Waals surface area (Å²) in [5.41, 5.74) is 3.23. The van der Waals surface area contributed by atoms with E-state index in [1.165, 1.54) is 0 Å². The van der Waals surface area contributed by atoms with Gasteiger partial charge in [0.2, 0.25) is 11.8 Å². The molecular weight excluding hydrogens is 292 g/mol. The van der Waals surface area contributed by atoms with E-state index in [0.29, 0.717) is 29.1 Å². The summed E-state index contributed by atoms with van der Waals surface area (Å²) in [6.45, 7) is 9.44. The molecule has 0 aromatic carbocycles. The van der Waals surface area contributed by atoms with E-state index in [-0.39, 0.29) is 11.8 Å². The zero-order valence-electron chi connectivity index (χ0n) is 14.3. The first-order valence-electron chi connectivity index (χ1n) is 7.75. The number of aromatic amines is 1. The highest BCUT2D eigenvalue weighted by atomic mass is 16.5. The van der Waals surface area contributed by atoms with Gasteiger partial charge < -0.3 is 9.72 Å². The molecule has 0 aliphatic heterocycles. The number of carbonyl (C=O) groups excluding carboxylic acids is 2. The number of nitrogens with zero attached hydrogens (tertiary/aromatic N) is 1. The number of pyridine rings is 1. The second kappa shape index (κ2) is 6.77. The van der Waals surface area contributed by atoms with Crippen LogP contribution < -0.4 is 4.57 Å². The third-order valence-electron chi connectivity index (χ3n) is 4.06. The quantitative estimate of drug-likeness (QED) is 0.524. The first-order valence-corrected chi connectivity index (χ1v) is 7.75. The molecule has 0 aliphatic carbocycles. The molecule has 2 rings (SSSR count). The van der Waals surface area contributed by atoms with Crippen molar-refractivity contribution in [3.8, 4) is 0 Å². The number of ketones is 1. The number of rotatable bonds is 5. The Balaban J connectivity index is 2.39. The lowest BCUT2D eigenvalue weighted by atomic mass is 10.0. The minimum atomic E-state index is -0.394. The van der Waals surface area contributed by atoms with Crippen LogP contribution in [0.1, 0.15) is 57.7 Å². The topological polar surface area (TPSA) is 63.0 Å². The Morgan fingerprint density at radius 2 is 1.96 bits per heavy atom. The zero-order valence-corrected chi connectivity index (χ0v) is 14.3. The molecule has 1 N–H and O–H groups in total. The average molecular weight is 315 g/mol. The molecule has 1 atom stereocenters. The van der Waals surface area contributed by atoms with Crippen LogP contribution in [0.5, 0.6) is 0 Å². The number of carbonyl (C=O) groups is 2. The third-order valence-corrected chi connectivity index (χ3v) is 4.06. The zero-order chi connectivity index (χ0) is 17.1. The van der Waals surface area contributed by atoms with Gasteiger partial charge in [0.25, 0.3) is 0 Å². The molecular formula is C18H23N2O3+. The summed E-state index contributed by atoms with van der Waals surface area (Å²) in [4.78, 5) is 28.0. The summed E-state index contributed by atoms with van der Waals surface area (Å²) in [6, 6.07) is 5.43. The molecule has 23 heavy (non-hydrogen) atoms. The number of nitrogens with one attached hydrogen (secondary N) is 1. The molecule has 2 aromatic heterocycles. The van der Waals surface area contributed by atoms with Crippen LogP contribution >= 0.6 is 0 Å². The monoisotopic (exact) mass is 315 g/mol. The standard InChI is InChI=1S/C18H22N2O3/c1-6-23-18(22)15-12(3)16(19-13(15)4)17(21)14(5)20-10-8-7-9-11(20)2/h7-10,14H,6H2,1-5H3/p+1/t14-/m0/s1. The molecule has 0 radical (unpaired) electrons. The maximum atomic E-state index is 12.9. The normalized spacial score (nSPS) is 12.0. The van der Waals surface area contributed by atoms with Crippen LogP contribution in [0.15, 0.2) is 24.4 Å². The maximum Gasteiger partial charge on any atom is 0.340 e. The maximum absolute atomic E-state index is 12.9. The van der Waals surface area contributed by atoms with Gasteiger partial charge in [-0.2, -0.15) is 4.57 Å². The first-order chi connectivity index (χ1) is 10.9. The Hall–Kier alpha value is -2.43. The summed E-state index contributed by atoms with van der Waals surface area (Å²) >= 11 is 0. The van der Waals surface area contributed by atoms with Gasteiger partial charge in [-0.3, -0.25) is 4.79 Å². The highest BCUT2D eigenvalue weighted by molar-refractivity contribution is 6.02. The van der Waals surface area contributed by atoms with Crippen LogP contribution in [0.3, 0.4) is 0 Å². The van der Waals surface area contributed by atoms with Gasteiger partial charge in [0.05, 0.1) is 17.9 Å². The van der Waals surface area contributed by atoms with E-state index >= 15 is 0 Å². The Morgan fingerprint density at radius 1 is 1.26 bits per heavy atom. The SMILES string of the molecule is CCOC(=O)c1c(C)[nH]c(C(=O)[C@H](C)[n+]2ccccc2C)c1C. The van der Waals surface area contributed by atoms with E-state index in [2.05, 4.69) is 4.98 Å². The van der Waals surface area contributed by atoms with Crippen LogP contribution in [0.4, 0.5) is 0 Å². The first kappa shape index (κ1) is 16.9. The second-order valence-electron chi connectivity index (χ2n) is 5.63. The third kappa shape index (κ3) is 3.18. The highest BCUT2D eigenvalue weighted by Gasteiger charge is 2.30. The Labute approximate surface area is 136 Å². The van der Waals surface area contributed by atoms with Crippen LogP contribution in [0.25, 0.3) is 0 Å². The van der Waals surface area contributed by atoms with Crippen LogP contribution in [-0.4, -0.2) is 23.3 Å². The number of hydrogen-bond acceptors (Lipinski definition) is 3. The van der Waals surface area contributed by atoms with Gasteiger partial charge in [-0.1, -0.05) is 6.07 Å². The van der Waals surface area contributed by atoms with Crippen molar-refractivity contribution in [1.29, 1.82) is 0 Å². The lowest BCUT2D eigenvalue weighted by molar-refractivity contribution is -0.710. The number of aromatic nitrogens is 2. The molecule has 5 nitrogen and oxygen atoms in total. The smallest absolute Gasteiger partial charge is 0.340 e. The van der Waals surface area contributed by atoms with Gasteiger partial charge in [0.1, 0.15) is 0 Å². The fourth-order valence-corrected chi connectivity index (χ4v) is 2.82. The number of esters is 1. The second-order valence-corrected chi connectivity index (χ2v) is 5.63. The lowest BCUT2D eigenvalue weighted by Crippen LogP contribution is -2.44. The van der Waals surface area contributed by atoms with Gasteiger partial charge in [-0.05, 0) is 26.3 Å². The molecule has 0 spiro atoms. The van der Waals surface area contributed by atoms with Crippen LogP contribution in [0.2, 0.25) is 0 Å². The fraction of sp³-hybridized carbons (Fsp3) is 0.389. The molecule has 0 saturated carbocycles. The molecule has 5 heteroatoms. The minimum absolute atomic E-state index is 0.0551. The largest absolute Gasteiger partial charge is 0.462 e. The van der Waals surface area contributed by atoms with E-state index in [0.717, 1.165) is 5.69 Å². The molecule has 0 fully saturated rings. The summed E-state index contributed by atoms with van der Waals surface area (Å²) in [7, 11) is 0. The average Bonchev–Trinajstić information content (AvgIpc) is 2.81. The number of Topliss-reactive ketones (excluding diaryl/α,β-unsaturated/α-hetero) is 1. The van der Waals surface area contributed by atoms with Gasteiger partial charge in [0.15, 0.2) is 11.9 Å².